The Balaban J connectivity index is 1.90. The Bertz CT molecular complexity index is 420. The van der Waals surface area contributed by atoms with Crippen LogP contribution in [0.2, 0.25) is 0 Å². The molecule has 0 spiro atoms. The first-order valence-corrected chi connectivity index (χ1v) is 6.97. The molecule has 0 saturated heterocycles. The van der Waals surface area contributed by atoms with Crippen LogP contribution in [0.25, 0.3) is 0 Å². The molecule has 6 heteroatoms. The summed E-state index contributed by atoms with van der Waals surface area (Å²) in [4.78, 5) is 15.1. The summed E-state index contributed by atoms with van der Waals surface area (Å²) >= 11 is 0. The molecule has 20 heavy (non-hydrogen) atoms. The Morgan fingerprint density at radius 3 is 3.00 bits per heavy atom. The third kappa shape index (κ3) is 3.19. The van der Waals surface area contributed by atoms with Crippen LogP contribution in [0, 0.1) is 17.8 Å². The van der Waals surface area contributed by atoms with Gasteiger partial charge in [0.05, 0.1) is 17.9 Å². The molecule has 3 N–H and O–H groups in total. The standard InChI is InChI=1S/C14H21NO5/c1-2-8(16)3-4-9-10-5-12(11(10)6-13(9)17)15-20-7-14(18)19/h3-4,8-11,13,16-17H,2,5-7H2,1H3,(H,18,19)/t8?,9?,10-,11-,13?/m0/s1. The van der Waals surface area contributed by atoms with Crippen LogP contribution in [0.3, 0.4) is 0 Å². The van der Waals surface area contributed by atoms with Crippen LogP contribution in [0.15, 0.2) is 17.3 Å². The number of nitrogens with zero attached hydrogens (tertiary/aromatic N) is 1. The number of aliphatic hydroxyl groups is 2. The van der Waals surface area contributed by atoms with Crippen molar-refractivity contribution in [1.82, 2.24) is 0 Å². The summed E-state index contributed by atoms with van der Waals surface area (Å²) in [6.45, 7) is 1.46. The quantitative estimate of drug-likeness (QED) is 0.494. The summed E-state index contributed by atoms with van der Waals surface area (Å²) in [5, 5.41) is 31.9. The van der Waals surface area contributed by atoms with Crippen molar-refractivity contribution in [3.8, 4) is 0 Å². The minimum absolute atomic E-state index is 0.0413. The number of hydrogen-bond donors (Lipinski definition) is 3. The molecule has 2 saturated carbocycles. The molecule has 0 aromatic rings. The van der Waals surface area contributed by atoms with Crippen molar-refractivity contribution in [3.63, 3.8) is 0 Å². The van der Waals surface area contributed by atoms with Gasteiger partial charge in [0.1, 0.15) is 0 Å². The monoisotopic (exact) mass is 283 g/mol. The van der Waals surface area contributed by atoms with Crippen molar-refractivity contribution in [2.75, 3.05) is 6.61 Å². The molecular formula is C14H21NO5. The number of aliphatic hydroxyl groups excluding tert-OH is 2. The van der Waals surface area contributed by atoms with E-state index in [2.05, 4.69) is 5.16 Å². The zero-order chi connectivity index (χ0) is 14.7. The first kappa shape index (κ1) is 15.0. The molecule has 0 aromatic carbocycles. The predicted molar refractivity (Wildman–Crippen MR) is 72.2 cm³/mol. The van der Waals surface area contributed by atoms with E-state index in [1.807, 2.05) is 13.0 Å². The summed E-state index contributed by atoms with van der Waals surface area (Å²) in [6, 6.07) is 0. The van der Waals surface area contributed by atoms with E-state index >= 15 is 0 Å². The lowest BCUT2D eigenvalue weighted by Gasteiger charge is -2.34. The van der Waals surface area contributed by atoms with E-state index in [1.165, 1.54) is 0 Å². The van der Waals surface area contributed by atoms with E-state index < -0.39 is 24.8 Å². The van der Waals surface area contributed by atoms with E-state index in [9.17, 15) is 15.0 Å². The number of carbonyl (C=O) groups is 1. The molecule has 6 nitrogen and oxygen atoms in total. The molecule has 0 aromatic heterocycles. The molecule has 0 radical (unpaired) electrons. The average Bonchev–Trinajstić information content (AvgIpc) is 2.64. The van der Waals surface area contributed by atoms with Gasteiger partial charge in [-0.1, -0.05) is 24.2 Å². The van der Waals surface area contributed by atoms with Gasteiger partial charge in [-0.15, -0.1) is 0 Å². The van der Waals surface area contributed by atoms with Gasteiger partial charge in [0, 0.05) is 11.8 Å². The summed E-state index contributed by atoms with van der Waals surface area (Å²) in [7, 11) is 0. The molecule has 2 aliphatic rings. The highest BCUT2D eigenvalue weighted by molar-refractivity contribution is 5.93. The molecule has 2 rings (SSSR count). The third-order valence-electron chi connectivity index (χ3n) is 4.17. The van der Waals surface area contributed by atoms with Gasteiger partial charge in [0.15, 0.2) is 0 Å². The number of fused-ring (bicyclic) bond motifs is 1. The van der Waals surface area contributed by atoms with Crippen LogP contribution in [-0.4, -0.2) is 45.8 Å². The van der Waals surface area contributed by atoms with Gasteiger partial charge in [0.2, 0.25) is 6.61 Å². The lowest BCUT2D eigenvalue weighted by atomic mass is 9.71. The van der Waals surface area contributed by atoms with Crippen molar-refractivity contribution >= 4 is 11.7 Å². The molecule has 2 aliphatic carbocycles. The second-order valence-corrected chi connectivity index (χ2v) is 5.47. The van der Waals surface area contributed by atoms with Crippen LogP contribution in [0.1, 0.15) is 26.2 Å². The van der Waals surface area contributed by atoms with Gasteiger partial charge in [0.25, 0.3) is 0 Å². The number of rotatable bonds is 6. The lowest BCUT2D eigenvalue weighted by molar-refractivity contribution is -0.142. The molecule has 3 unspecified atom stereocenters. The number of aliphatic carboxylic acids is 1. The van der Waals surface area contributed by atoms with E-state index in [1.54, 1.807) is 6.08 Å². The Morgan fingerprint density at radius 1 is 1.60 bits per heavy atom. The van der Waals surface area contributed by atoms with Gasteiger partial charge < -0.3 is 20.2 Å². The minimum Gasteiger partial charge on any atom is -0.479 e. The van der Waals surface area contributed by atoms with Gasteiger partial charge in [-0.3, -0.25) is 0 Å². The van der Waals surface area contributed by atoms with Crippen molar-refractivity contribution in [2.24, 2.45) is 22.9 Å². The van der Waals surface area contributed by atoms with Gasteiger partial charge >= 0.3 is 5.97 Å². The zero-order valence-electron chi connectivity index (χ0n) is 11.5. The van der Waals surface area contributed by atoms with Crippen LogP contribution < -0.4 is 0 Å². The summed E-state index contributed by atoms with van der Waals surface area (Å²) < 4.78 is 0. The van der Waals surface area contributed by atoms with E-state index in [0.717, 1.165) is 12.1 Å². The highest BCUT2D eigenvalue weighted by Crippen LogP contribution is 2.49. The summed E-state index contributed by atoms with van der Waals surface area (Å²) in [6.07, 6.45) is 4.75. The Morgan fingerprint density at radius 2 is 2.35 bits per heavy atom. The average molecular weight is 283 g/mol. The highest BCUT2D eigenvalue weighted by Gasteiger charge is 2.51. The first-order chi connectivity index (χ1) is 9.52. The SMILES string of the molecule is CCC(O)C=CC1C(O)C[C@@H]2C(=NOCC(=O)O)C[C@@H]12. The van der Waals surface area contributed by atoms with E-state index in [4.69, 9.17) is 9.94 Å². The third-order valence-corrected chi connectivity index (χ3v) is 4.17. The molecular weight excluding hydrogens is 262 g/mol. The number of carboxylic acid groups (broad SMARTS) is 1. The van der Waals surface area contributed by atoms with Crippen LogP contribution in [0.4, 0.5) is 0 Å². The molecule has 5 atom stereocenters. The molecule has 112 valence electrons. The molecule has 0 bridgehead atoms. The number of hydrogen-bond acceptors (Lipinski definition) is 5. The maximum atomic E-state index is 10.3. The largest absolute Gasteiger partial charge is 0.479 e. The molecule has 2 fully saturated rings. The Kier molecular flexibility index (Phi) is 4.77. The highest BCUT2D eigenvalue weighted by atomic mass is 16.6. The predicted octanol–water partition coefficient (Wildman–Crippen LogP) is 0.788. The van der Waals surface area contributed by atoms with E-state index in [0.29, 0.717) is 18.8 Å². The minimum atomic E-state index is -1.05. The van der Waals surface area contributed by atoms with Crippen molar-refractivity contribution in [2.45, 2.75) is 38.4 Å². The van der Waals surface area contributed by atoms with Crippen molar-refractivity contribution < 1.29 is 25.0 Å². The fraction of sp³-hybridized carbons (Fsp3) is 0.714. The smallest absolute Gasteiger partial charge is 0.344 e. The zero-order valence-corrected chi connectivity index (χ0v) is 11.5. The van der Waals surface area contributed by atoms with Crippen LogP contribution in [0.5, 0.6) is 0 Å². The first-order valence-electron chi connectivity index (χ1n) is 6.97. The maximum Gasteiger partial charge on any atom is 0.344 e. The second kappa shape index (κ2) is 6.37. The second-order valence-electron chi connectivity index (χ2n) is 5.47. The van der Waals surface area contributed by atoms with Crippen molar-refractivity contribution in [3.05, 3.63) is 12.2 Å². The molecule has 0 amide bonds. The van der Waals surface area contributed by atoms with Crippen molar-refractivity contribution in [1.29, 1.82) is 0 Å². The Hall–Kier alpha value is -1.40. The van der Waals surface area contributed by atoms with Gasteiger partial charge in [-0.05, 0) is 25.2 Å². The summed E-state index contributed by atoms with van der Waals surface area (Å²) in [5.41, 5.74) is 0.835. The maximum absolute atomic E-state index is 10.3. The topological polar surface area (TPSA) is 99.4 Å². The normalized spacial score (nSPS) is 35.9. The molecule has 0 aliphatic heterocycles. The van der Waals surface area contributed by atoms with Crippen LogP contribution in [-0.2, 0) is 9.63 Å². The summed E-state index contributed by atoms with van der Waals surface area (Å²) in [5.74, 6) is -0.518. The lowest BCUT2D eigenvalue weighted by Crippen LogP contribution is -2.36. The fourth-order valence-electron chi connectivity index (χ4n) is 2.98. The fourth-order valence-corrected chi connectivity index (χ4v) is 2.98. The van der Waals surface area contributed by atoms with Gasteiger partial charge in [-0.25, -0.2) is 4.79 Å². The van der Waals surface area contributed by atoms with Gasteiger partial charge in [-0.2, -0.15) is 0 Å². The molecule has 0 heterocycles. The number of carboxylic acids is 1. The Labute approximate surface area is 117 Å². The van der Waals surface area contributed by atoms with E-state index in [-0.39, 0.29) is 11.8 Å². The van der Waals surface area contributed by atoms with Crippen LogP contribution >= 0.6 is 0 Å². The number of oxime groups is 1.